The van der Waals surface area contributed by atoms with Gasteiger partial charge in [-0.3, -0.25) is 14.6 Å². The molecule has 188 valence electrons. The van der Waals surface area contributed by atoms with Crippen molar-refractivity contribution in [2.45, 2.75) is 44.4 Å². The van der Waals surface area contributed by atoms with E-state index in [1.807, 2.05) is 36.4 Å². The van der Waals surface area contributed by atoms with Crippen LogP contribution >= 0.6 is 0 Å². The molecule has 2 atom stereocenters. The molecule has 1 fully saturated rings. The Morgan fingerprint density at radius 1 is 1.22 bits per heavy atom. The number of hydrogen-bond acceptors (Lipinski definition) is 6. The molecule has 2 aliphatic rings. The predicted molar refractivity (Wildman–Crippen MR) is 139 cm³/mol. The number of nitriles is 1. The van der Waals surface area contributed by atoms with Crippen LogP contribution in [0.1, 0.15) is 49.3 Å². The number of carbonyl (C=O) groups is 2. The first-order valence-electron chi connectivity index (χ1n) is 12.7. The topological polar surface area (TPSA) is 101 Å². The Morgan fingerprint density at radius 2 is 2.11 bits per heavy atom. The number of aromatic nitrogens is 1. The first kappa shape index (κ1) is 24.5. The average molecular weight is 496 g/mol. The van der Waals surface area contributed by atoms with Crippen LogP contribution in [0.5, 0.6) is 5.75 Å². The number of amides is 1. The van der Waals surface area contributed by atoms with Crippen LogP contribution in [-0.4, -0.2) is 30.1 Å². The van der Waals surface area contributed by atoms with Gasteiger partial charge in [0.05, 0.1) is 30.5 Å². The van der Waals surface area contributed by atoms with Gasteiger partial charge < -0.3 is 14.8 Å². The zero-order valence-electron chi connectivity index (χ0n) is 20.8. The number of benzene rings is 2. The fourth-order valence-corrected chi connectivity index (χ4v) is 5.30. The van der Waals surface area contributed by atoms with Gasteiger partial charge in [-0.25, -0.2) is 0 Å². The number of nitrogens with zero attached hydrogens (tertiary/aromatic N) is 2. The van der Waals surface area contributed by atoms with Gasteiger partial charge in [0, 0.05) is 40.8 Å². The maximum Gasteiger partial charge on any atom is 0.305 e. The number of rotatable bonds is 8. The minimum atomic E-state index is -0.265. The summed E-state index contributed by atoms with van der Waals surface area (Å²) in [6.07, 6.45) is 4.80. The number of hydrogen-bond donors (Lipinski definition) is 1. The fourth-order valence-electron chi connectivity index (χ4n) is 5.30. The van der Waals surface area contributed by atoms with Crippen LogP contribution in [0, 0.1) is 17.2 Å². The Labute approximate surface area is 216 Å². The van der Waals surface area contributed by atoms with E-state index in [-0.39, 0.29) is 23.2 Å². The largest absolute Gasteiger partial charge is 0.493 e. The Morgan fingerprint density at radius 3 is 2.89 bits per heavy atom. The Balaban J connectivity index is 1.34. The summed E-state index contributed by atoms with van der Waals surface area (Å²) in [5.74, 6) is 0.349. The molecule has 1 aliphatic carbocycles. The Hall–Kier alpha value is -4.18. The second-order valence-corrected chi connectivity index (χ2v) is 9.57. The molecule has 3 aromatic rings. The van der Waals surface area contributed by atoms with Crippen molar-refractivity contribution in [2.75, 3.05) is 18.5 Å². The molecule has 1 aliphatic heterocycles. The van der Waals surface area contributed by atoms with Gasteiger partial charge in [0.2, 0.25) is 5.91 Å². The molecule has 1 spiro atoms. The van der Waals surface area contributed by atoms with Crippen LogP contribution in [0.2, 0.25) is 0 Å². The van der Waals surface area contributed by atoms with Crippen LogP contribution in [0.3, 0.4) is 0 Å². The number of aryl methyl sites for hydroxylation is 1. The highest BCUT2D eigenvalue weighted by molar-refractivity contribution is 5.97. The summed E-state index contributed by atoms with van der Waals surface area (Å²) >= 11 is 0. The van der Waals surface area contributed by atoms with E-state index < -0.39 is 0 Å². The van der Waals surface area contributed by atoms with E-state index in [1.165, 1.54) is 0 Å². The standard InChI is InChI=1S/C30H29N3O4/c1-2-36-28(34)8-5-6-21-10-9-20(19-31)16-26(21)33-29(35)24-18-30(24)13-15-37-27-12-11-22(17-23(27)30)25-7-3-4-14-32-25/h3-4,7,9-12,14,16-17,24H,2,5-6,8,13,15,18H2,1H3,(H,33,35)/t24-,30-/m0/s1. The van der Waals surface area contributed by atoms with Crippen molar-refractivity contribution in [1.82, 2.24) is 4.98 Å². The second kappa shape index (κ2) is 10.4. The lowest BCUT2D eigenvalue weighted by Gasteiger charge is -2.27. The zero-order valence-corrected chi connectivity index (χ0v) is 20.8. The summed E-state index contributed by atoms with van der Waals surface area (Å²) in [6, 6.07) is 19.4. The van der Waals surface area contributed by atoms with E-state index >= 15 is 0 Å². The summed E-state index contributed by atoms with van der Waals surface area (Å²) in [4.78, 5) is 29.7. The molecule has 5 rings (SSSR count). The van der Waals surface area contributed by atoms with Crippen molar-refractivity contribution in [3.8, 4) is 23.1 Å². The molecule has 2 aromatic carbocycles. The number of fused-ring (bicyclic) bond motifs is 2. The molecule has 0 bridgehead atoms. The van der Waals surface area contributed by atoms with E-state index in [4.69, 9.17) is 9.47 Å². The van der Waals surface area contributed by atoms with Gasteiger partial charge in [-0.1, -0.05) is 12.1 Å². The van der Waals surface area contributed by atoms with Crippen LogP contribution in [-0.2, 0) is 26.2 Å². The first-order valence-corrected chi connectivity index (χ1v) is 12.7. The first-order chi connectivity index (χ1) is 18.0. The Kier molecular flexibility index (Phi) is 6.91. The molecule has 7 nitrogen and oxygen atoms in total. The Bertz CT molecular complexity index is 1360. The average Bonchev–Trinajstić information content (AvgIpc) is 3.64. The maximum atomic E-state index is 13.5. The van der Waals surface area contributed by atoms with Gasteiger partial charge in [0.1, 0.15) is 5.75 Å². The van der Waals surface area contributed by atoms with Crippen molar-refractivity contribution < 1.29 is 19.1 Å². The molecule has 1 N–H and O–H groups in total. The summed E-state index contributed by atoms with van der Waals surface area (Å²) in [5.41, 5.74) is 4.68. The summed E-state index contributed by atoms with van der Waals surface area (Å²) in [7, 11) is 0. The molecule has 37 heavy (non-hydrogen) atoms. The van der Waals surface area contributed by atoms with Crippen molar-refractivity contribution in [3.63, 3.8) is 0 Å². The summed E-state index contributed by atoms with van der Waals surface area (Å²) in [5, 5.41) is 12.5. The molecule has 0 saturated heterocycles. The summed E-state index contributed by atoms with van der Waals surface area (Å²) in [6.45, 7) is 2.72. The molecule has 2 heterocycles. The number of esters is 1. The van der Waals surface area contributed by atoms with Gasteiger partial charge in [0.15, 0.2) is 0 Å². The number of pyridine rings is 1. The zero-order chi connectivity index (χ0) is 25.8. The number of nitrogens with one attached hydrogen (secondary N) is 1. The molecular formula is C30H29N3O4. The van der Waals surface area contributed by atoms with Gasteiger partial charge in [-0.15, -0.1) is 0 Å². The minimum absolute atomic E-state index is 0.0576. The molecule has 7 heteroatoms. The molecule has 1 aromatic heterocycles. The van der Waals surface area contributed by atoms with Gasteiger partial charge in [-0.2, -0.15) is 5.26 Å². The predicted octanol–water partition coefficient (Wildman–Crippen LogP) is 5.18. The molecule has 1 amide bonds. The van der Waals surface area contributed by atoms with Gasteiger partial charge in [-0.05, 0) is 80.6 Å². The smallest absolute Gasteiger partial charge is 0.305 e. The highest BCUT2D eigenvalue weighted by Crippen LogP contribution is 2.61. The lowest BCUT2D eigenvalue weighted by Crippen LogP contribution is -2.27. The highest BCUT2D eigenvalue weighted by atomic mass is 16.5. The van der Waals surface area contributed by atoms with E-state index in [9.17, 15) is 14.9 Å². The van der Waals surface area contributed by atoms with Crippen LogP contribution in [0.15, 0.2) is 60.8 Å². The number of anilines is 1. The second-order valence-electron chi connectivity index (χ2n) is 9.57. The molecule has 0 radical (unpaired) electrons. The molecule has 1 saturated carbocycles. The third-order valence-corrected chi connectivity index (χ3v) is 7.30. The highest BCUT2D eigenvalue weighted by Gasteiger charge is 2.61. The van der Waals surface area contributed by atoms with Crippen molar-refractivity contribution in [2.24, 2.45) is 5.92 Å². The molecular weight excluding hydrogens is 466 g/mol. The lowest BCUT2D eigenvalue weighted by atomic mass is 9.86. The third-order valence-electron chi connectivity index (χ3n) is 7.30. The van der Waals surface area contributed by atoms with E-state index in [0.717, 1.165) is 41.0 Å². The van der Waals surface area contributed by atoms with Crippen LogP contribution in [0.4, 0.5) is 5.69 Å². The van der Waals surface area contributed by atoms with Gasteiger partial charge >= 0.3 is 5.97 Å². The van der Waals surface area contributed by atoms with Crippen molar-refractivity contribution >= 4 is 17.6 Å². The SMILES string of the molecule is CCOC(=O)CCCc1ccc(C#N)cc1NC(=O)[C@@H]1C[C@]12CCOc1ccc(-c3ccccn3)cc12. The maximum absolute atomic E-state index is 13.5. The van der Waals surface area contributed by atoms with Crippen molar-refractivity contribution in [1.29, 1.82) is 5.26 Å². The minimum Gasteiger partial charge on any atom is -0.493 e. The van der Waals surface area contributed by atoms with Crippen LogP contribution < -0.4 is 10.1 Å². The molecule has 0 unspecified atom stereocenters. The summed E-state index contributed by atoms with van der Waals surface area (Å²) < 4.78 is 11.0. The van der Waals surface area contributed by atoms with Gasteiger partial charge in [0.25, 0.3) is 0 Å². The number of carbonyl (C=O) groups excluding carboxylic acids is 2. The fraction of sp³-hybridized carbons (Fsp3) is 0.333. The van der Waals surface area contributed by atoms with E-state index in [1.54, 1.807) is 25.3 Å². The van der Waals surface area contributed by atoms with E-state index in [0.29, 0.717) is 43.7 Å². The monoisotopic (exact) mass is 495 g/mol. The van der Waals surface area contributed by atoms with Crippen molar-refractivity contribution in [3.05, 3.63) is 77.5 Å². The van der Waals surface area contributed by atoms with Crippen LogP contribution in [0.25, 0.3) is 11.3 Å². The lowest BCUT2D eigenvalue weighted by molar-refractivity contribution is -0.143. The third kappa shape index (κ3) is 5.05. The normalized spacial score (nSPS) is 19.3. The van der Waals surface area contributed by atoms with E-state index in [2.05, 4.69) is 22.4 Å². The number of ether oxygens (including phenoxy) is 2. The quantitative estimate of drug-likeness (QED) is 0.432.